The molecule has 0 amide bonds. The second kappa shape index (κ2) is 5.97. The third-order valence-electron chi connectivity index (χ3n) is 1.63. The number of carbonyl (C=O) groups excluding carboxylic acids is 1. The highest BCUT2D eigenvalue weighted by atomic mass is 16.6. The number of hydrogen-bond acceptors (Lipinski definition) is 5. The lowest BCUT2D eigenvalue weighted by Crippen LogP contribution is -2.31. The minimum absolute atomic E-state index is 0.0828. The zero-order chi connectivity index (χ0) is 12.0. The molecule has 7 heteroatoms. The average molecular weight is 219 g/mol. The molecule has 0 rings (SSSR count). The van der Waals surface area contributed by atoms with Crippen LogP contribution in [0.4, 0.5) is 0 Å². The van der Waals surface area contributed by atoms with Crippen molar-refractivity contribution in [2.45, 2.75) is 31.9 Å². The number of esters is 1. The smallest absolute Gasteiger partial charge is 0.344 e. The van der Waals surface area contributed by atoms with Gasteiger partial charge in [-0.05, 0) is 13.3 Å². The lowest BCUT2D eigenvalue weighted by molar-refractivity contribution is -0.162. The van der Waals surface area contributed by atoms with E-state index >= 15 is 0 Å². The number of carbonyl (C=O) groups is 3. The van der Waals surface area contributed by atoms with Crippen molar-refractivity contribution < 1.29 is 29.3 Å². The van der Waals surface area contributed by atoms with Crippen molar-refractivity contribution in [3.63, 3.8) is 0 Å². The van der Waals surface area contributed by atoms with Gasteiger partial charge in [0.25, 0.3) is 0 Å². The zero-order valence-electron chi connectivity index (χ0n) is 8.17. The van der Waals surface area contributed by atoms with Gasteiger partial charge in [-0.15, -0.1) is 0 Å². The normalized spacial score (nSPS) is 14.0. The molecule has 0 aromatic carbocycles. The number of rotatable bonds is 6. The van der Waals surface area contributed by atoms with Crippen molar-refractivity contribution in [3.05, 3.63) is 0 Å². The van der Waals surface area contributed by atoms with Gasteiger partial charge in [-0.2, -0.15) is 0 Å². The molecule has 0 aromatic heterocycles. The molecule has 0 aliphatic carbocycles. The highest BCUT2D eigenvalue weighted by Gasteiger charge is 2.18. The first-order chi connectivity index (χ1) is 6.84. The molecule has 0 heterocycles. The van der Waals surface area contributed by atoms with Gasteiger partial charge in [0.1, 0.15) is 6.04 Å². The molecule has 1 unspecified atom stereocenters. The van der Waals surface area contributed by atoms with E-state index in [0.29, 0.717) is 0 Å². The molecule has 0 bridgehead atoms. The van der Waals surface area contributed by atoms with Crippen molar-refractivity contribution >= 4 is 17.9 Å². The summed E-state index contributed by atoms with van der Waals surface area (Å²) in [5.74, 6) is -3.25. The van der Waals surface area contributed by atoms with Crippen LogP contribution in [-0.2, 0) is 19.1 Å². The second-order valence-electron chi connectivity index (χ2n) is 2.95. The van der Waals surface area contributed by atoms with Crippen molar-refractivity contribution in [1.29, 1.82) is 0 Å². The maximum Gasteiger partial charge on any atom is 0.344 e. The third-order valence-corrected chi connectivity index (χ3v) is 1.63. The number of ether oxygens (including phenoxy) is 1. The molecule has 0 radical (unpaired) electrons. The molecule has 4 N–H and O–H groups in total. The van der Waals surface area contributed by atoms with Gasteiger partial charge in [-0.25, -0.2) is 4.79 Å². The summed E-state index contributed by atoms with van der Waals surface area (Å²) in [6.07, 6.45) is -1.54. The van der Waals surface area contributed by atoms with Crippen LogP contribution in [0.25, 0.3) is 0 Å². The van der Waals surface area contributed by atoms with Crippen LogP contribution in [0.1, 0.15) is 19.8 Å². The minimum Gasteiger partial charge on any atom is -0.480 e. The van der Waals surface area contributed by atoms with Gasteiger partial charge in [0, 0.05) is 6.42 Å². The van der Waals surface area contributed by atoms with Crippen molar-refractivity contribution in [3.8, 4) is 0 Å². The van der Waals surface area contributed by atoms with E-state index < -0.39 is 30.1 Å². The Bertz CT molecular complexity index is 264. The largest absolute Gasteiger partial charge is 0.480 e. The number of nitrogens with two attached hydrogens (primary N) is 1. The van der Waals surface area contributed by atoms with Crippen molar-refractivity contribution in [2.75, 3.05) is 0 Å². The van der Waals surface area contributed by atoms with E-state index in [1.807, 2.05) is 0 Å². The van der Waals surface area contributed by atoms with Gasteiger partial charge in [-0.3, -0.25) is 9.59 Å². The molecule has 0 spiro atoms. The Morgan fingerprint density at radius 3 is 2.20 bits per heavy atom. The van der Waals surface area contributed by atoms with Gasteiger partial charge in [0.15, 0.2) is 6.10 Å². The minimum atomic E-state index is -1.26. The average Bonchev–Trinajstić information content (AvgIpc) is 2.13. The molecule has 0 saturated carbocycles. The van der Waals surface area contributed by atoms with E-state index in [-0.39, 0.29) is 12.8 Å². The van der Waals surface area contributed by atoms with E-state index in [1.165, 1.54) is 6.92 Å². The SMILES string of the molecule is CC(OC(=O)CC[C@H](N)C(=O)O)C(=O)O. The summed E-state index contributed by atoms with van der Waals surface area (Å²) in [5.41, 5.74) is 5.13. The van der Waals surface area contributed by atoms with Crippen LogP contribution in [0.5, 0.6) is 0 Å². The molecule has 0 aromatic rings. The highest BCUT2D eigenvalue weighted by molar-refractivity contribution is 5.78. The van der Waals surface area contributed by atoms with Crippen LogP contribution in [0.2, 0.25) is 0 Å². The summed E-state index contributed by atoms with van der Waals surface area (Å²) in [6, 6.07) is -1.14. The topological polar surface area (TPSA) is 127 Å². The standard InChI is InChI=1S/C8H13NO6/c1-4(7(11)12)15-6(10)3-2-5(9)8(13)14/h4-5H,2-3,9H2,1H3,(H,11,12)(H,13,14)/t4?,5-/m0/s1. The van der Waals surface area contributed by atoms with E-state index in [1.54, 1.807) is 0 Å². The first kappa shape index (κ1) is 13.4. The van der Waals surface area contributed by atoms with Crippen LogP contribution in [0.3, 0.4) is 0 Å². The Hall–Kier alpha value is -1.63. The molecule has 0 aliphatic rings. The number of aliphatic carboxylic acids is 2. The van der Waals surface area contributed by atoms with E-state index in [2.05, 4.69) is 4.74 Å². The molecule has 0 fully saturated rings. The molecule has 0 saturated heterocycles. The summed E-state index contributed by atoms with van der Waals surface area (Å²) in [7, 11) is 0. The predicted molar refractivity (Wildman–Crippen MR) is 48.0 cm³/mol. The molecule has 86 valence electrons. The van der Waals surface area contributed by atoms with Crippen LogP contribution >= 0.6 is 0 Å². The quantitative estimate of drug-likeness (QED) is 0.498. The summed E-state index contributed by atoms with van der Waals surface area (Å²) < 4.78 is 4.45. The Kier molecular flexibility index (Phi) is 5.32. The summed E-state index contributed by atoms with van der Waals surface area (Å²) >= 11 is 0. The zero-order valence-corrected chi connectivity index (χ0v) is 8.17. The van der Waals surface area contributed by atoms with Crippen LogP contribution in [-0.4, -0.2) is 40.3 Å². The Morgan fingerprint density at radius 2 is 1.80 bits per heavy atom. The molecular weight excluding hydrogens is 206 g/mol. The molecule has 7 nitrogen and oxygen atoms in total. The van der Waals surface area contributed by atoms with Gasteiger partial charge in [0.05, 0.1) is 0 Å². The summed E-state index contributed by atoms with van der Waals surface area (Å²) in [4.78, 5) is 31.5. The van der Waals surface area contributed by atoms with Crippen LogP contribution < -0.4 is 5.73 Å². The van der Waals surface area contributed by atoms with E-state index in [0.717, 1.165) is 0 Å². The fraction of sp³-hybridized carbons (Fsp3) is 0.625. The lowest BCUT2D eigenvalue weighted by atomic mass is 10.2. The maximum absolute atomic E-state index is 11.0. The van der Waals surface area contributed by atoms with E-state index in [9.17, 15) is 14.4 Å². The first-order valence-electron chi connectivity index (χ1n) is 4.25. The molecular formula is C8H13NO6. The number of carboxylic acids is 2. The first-order valence-corrected chi connectivity index (χ1v) is 4.25. The fourth-order valence-electron chi connectivity index (χ4n) is 0.703. The van der Waals surface area contributed by atoms with Gasteiger partial charge >= 0.3 is 17.9 Å². The number of carboxylic acid groups (broad SMARTS) is 2. The predicted octanol–water partition coefficient (Wildman–Crippen LogP) is -0.805. The fourth-order valence-corrected chi connectivity index (χ4v) is 0.703. The van der Waals surface area contributed by atoms with E-state index in [4.69, 9.17) is 15.9 Å². The van der Waals surface area contributed by atoms with Crippen LogP contribution in [0, 0.1) is 0 Å². The molecule has 2 atom stereocenters. The van der Waals surface area contributed by atoms with Crippen molar-refractivity contribution in [2.24, 2.45) is 5.73 Å². The highest BCUT2D eigenvalue weighted by Crippen LogP contribution is 2.00. The van der Waals surface area contributed by atoms with Gasteiger partial charge in [-0.1, -0.05) is 0 Å². The Balaban J connectivity index is 3.85. The second-order valence-corrected chi connectivity index (χ2v) is 2.95. The summed E-state index contributed by atoms with van der Waals surface area (Å²) in [6.45, 7) is 1.21. The molecule has 0 aliphatic heterocycles. The maximum atomic E-state index is 11.0. The summed E-state index contributed by atoms with van der Waals surface area (Å²) in [5, 5.41) is 16.8. The number of hydrogen-bond donors (Lipinski definition) is 3. The molecule has 15 heavy (non-hydrogen) atoms. The Labute approximate surface area is 85.8 Å². The third kappa shape index (κ3) is 5.63. The Morgan fingerprint density at radius 1 is 1.27 bits per heavy atom. The lowest BCUT2D eigenvalue weighted by Gasteiger charge is -2.09. The van der Waals surface area contributed by atoms with Gasteiger partial charge in [0.2, 0.25) is 0 Å². The van der Waals surface area contributed by atoms with Crippen molar-refractivity contribution in [1.82, 2.24) is 0 Å². The monoisotopic (exact) mass is 219 g/mol. The van der Waals surface area contributed by atoms with Gasteiger partial charge < -0.3 is 20.7 Å². The van der Waals surface area contributed by atoms with Crippen LogP contribution in [0.15, 0.2) is 0 Å².